The smallest absolute Gasteiger partial charge is 0.0541 e. The van der Waals surface area contributed by atoms with E-state index in [4.69, 9.17) is 23.2 Å². The molecule has 0 aliphatic heterocycles. The summed E-state index contributed by atoms with van der Waals surface area (Å²) in [5, 5.41) is 3.85. The van der Waals surface area contributed by atoms with Gasteiger partial charge in [0.15, 0.2) is 0 Å². The first-order chi connectivity index (χ1) is 13.2. The summed E-state index contributed by atoms with van der Waals surface area (Å²) < 4.78 is 2.26. The van der Waals surface area contributed by atoms with Crippen molar-refractivity contribution in [2.24, 2.45) is 0 Å². The first-order valence-electron chi connectivity index (χ1n) is 8.77. The molecule has 0 spiro atoms. The van der Waals surface area contributed by atoms with Gasteiger partial charge in [-0.05, 0) is 30.3 Å². The van der Waals surface area contributed by atoms with Crippen LogP contribution in [0.15, 0.2) is 91.0 Å². The van der Waals surface area contributed by atoms with Gasteiger partial charge in [-0.3, -0.25) is 0 Å². The van der Waals surface area contributed by atoms with Crippen LogP contribution >= 0.6 is 23.2 Å². The average Bonchev–Trinajstić information content (AvgIpc) is 3.03. The predicted molar refractivity (Wildman–Crippen MR) is 116 cm³/mol. The molecule has 130 valence electrons. The summed E-state index contributed by atoms with van der Waals surface area (Å²) in [6.07, 6.45) is 0. The van der Waals surface area contributed by atoms with Crippen molar-refractivity contribution in [3.8, 4) is 16.8 Å². The van der Waals surface area contributed by atoms with Gasteiger partial charge >= 0.3 is 0 Å². The second-order valence-corrected chi connectivity index (χ2v) is 7.33. The third-order valence-electron chi connectivity index (χ3n) is 4.95. The maximum atomic E-state index is 6.68. The fourth-order valence-corrected chi connectivity index (χ4v) is 4.26. The van der Waals surface area contributed by atoms with E-state index in [1.807, 2.05) is 36.4 Å². The number of aromatic nitrogens is 1. The first-order valence-corrected chi connectivity index (χ1v) is 9.52. The molecule has 0 unspecified atom stereocenters. The van der Waals surface area contributed by atoms with Gasteiger partial charge in [-0.1, -0.05) is 83.9 Å². The Hall–Kier alpha value is -2.74. The van der Waals surface area contributed by atoms with Crippen LogP contribution in [0.25, 0.3) is 38.6 Å². The molecule has 0 amide bonds. The SMILES string of the molecule is Clc1ccccc1-c1ccc(-n2c3ccccc3c3ccccc32)cc1Cl. The lowest BCUT2D eigenvalue weighted by atomic mass is 10.1. The quantitative estimate of drug-likeness (QED) is 0.291. The van der Waals surface area contributed by atoms with Gasteiger partial charge in [-0.25, -0.2) is 0 Å². The molecule has 3 heteroatoms. The largest absolute Gasteiger partial charge is 0.309 e. The van der Waals surface area contributed by atoms with E-state index in [1.54, 1.807) is 0 Å². The van der Waals surface area contributed by atoms with Crippen molar-refractivity contribution in [1.29, 1.82) is 0 Å². The van der Waals surface area contributed by atoms with Crippen LogP contribution in [-0.4, -0.2) is 4.57 Å². The van der Waals surface area contributed by atoms with Crippen molar-refractivity contribution >= 4 is 45.0 Å². The summed E-state index contributed by atoms with van der Waals surface area (Å²) in [5.41, 5.74) is 5.25. The molecule has 5 aromatic rings. The number of hydrogen-bond acceptors (Lipinski definition) is 0. The molecule has 0 fully saturated rings. The molecular weight excluding hydrogens is 373 g/mol. The van der Waals surface area contributed by atoms with E-state index in [0.29, 0.717) is 10.0 Å². The lowest BCUT2D eigenvalue weighted by Gasteiger charge is -2.12. The van der Waals surface area contributed by atoms with E-state index < -0.39 is 0 Å². The number of para-hydroxylation sites is 2. The molecule has 0 bridgehead atoms. The maximum Gasteiger partial charge on any atom is 0.0541 e. The fraction of sp³-hybridized carbons (Fsp3) is 0. The van der Waals surface area contributed by atoms with Crippen molar-refractivity contribution in [3.05, 3.63) is 101 Å². The third-order valence-corrected chi connectivity index (χ3v) is 5.60. The van der Waals surface area contributed by atoms with E-state index >= 15 is 0 Å². The molecule has 0 saturated carbocycles. The standard InChI is InChI=1S/C24H15Cl2N/c25-21-10-4-1-7-17(21)18-14-13-16(15-22(18)26)27-23-11-5-2-8-19(23)20-9-3-6-12-24(20)27/h1-15H. The summed E-state index contributed by atoms with van der Waals surface area (Å²) in [7, 11) is 0. The van der Waals surface area contributed by atoms with Crippen molar-refractivity contribution < 1.29 is 0 Å². The Kier molecular flexibility index (Phi) is 3.93. The number of rotatable bonds is 2. The summed E-state index contributed by atoms with van der Waals surface area (Å²) >= 11 is 13.0. The van der Waals surface area contributed by atoms with Gasteiger partial charge in [0, 0.05) is 32.6 Å². The number of halogens is 2. The molecular formula is C24H15Cl2N. The normalized spacial score (nSPS) is 11.3. The van der Waals surface area contributed by atoms with Gasteiger partial charge in [0.1, 0.15) is 0 Å². The molecule has 0 atom stereocenters. The second-order valence-electron chi connectivity index (χ2n) is 6.51. The van der Waals surface area contributed by atoms with Crippen LogP contribution in [0.5, 0.6) is 0 Å². The molecule has 0 saturated heterocycles. The Morgan fingerprint density at radius 1 is 0.519 bits per heavy atom. The number of nitrogens with zero attached hydrogens (tertiary/aromatic N) is 1. The highest BCUT2D eigenvalue weighted by Gasteiger charge is 2.13. The highest BCUT2D eigenvalue weighted by Crippen LogP contribution is 2.37. The van der Waals surface area contributed by atoms with E-state index in [9.17, 15) is 0 Å². The monoisotopic (exact) mass is 387 g/mol. The van der Waals surface area contributed by atoms with Gasteiger partial charge in [-0.15, -0.1) is 0 Å². The lowest BCUT2D eigenvalue weighted by molar-refractivity contribution is 1.18. The molecule has 4 aromatic carbocycles. The Balaban J connectivity index is 1.76. The lowest BCUT2D eigenvalue weighted by Crippen LogP contribution is -1.94. The van der Waals surface area contributed by atoms with Gasteiger partial charge < -0.3 is 4.57 Å². The summed E-state index contributed by atoms with van der Waals surface area (Å²) in [4.78, 5) is 0. The van der Waals surface area contributed by atoms with Crippen molar-refractivity contribution in [2.75, 3.05) is 0 Å². The Morgan fingerprint density at radius 2 is 1.07 bits per heavy atom. The van der Waals surface area contributed by atoms with Crippen LogP contribution in [-0.2, 0) is 0 Å². The summed E-state index contributed by atoms with van der Waals surface area (Å²) in [5.74, 6) is 0. The third kappa shape index (κ3) is 2.63. The zero-order chi connectivity index (χ0) is 18.4. The van der Waals surface area contributed by atoms with Crippen LogP contribution in [0.4, 0.5) is 0 Å². The Morgan fingerprint density at radius 3 is 1.70 bits per heavy atom. The summed E-state index contributed by atoms with van der Waals surface area (Å²) in [6, 6.07) is 30.8. The highest BCUT2D eigenvalue weighted by atomic mass is 35.5. The molecule has 0 N–H and O–H groups in total. The van der Waals surface area contributed by atoms with Gasteiger partial charge in [0.05, 0.1) is 16.1 Å². The molecule has 27 heavy (non-hydrogen) atoms. The Bertz CT molecular complexity index is 1250. The van der Waals surface area contributed by atoms with Crippen LogP contribution in [0.1, 0.15) is 0 Å². The molecule has 1 aromatic heterocycles. The molecule has 1 nitrogen and oxygen atoms in total. The zero-order valence-corrected chi connectivity index (χ0v) is 15.9. The average molecular weight is 388 g/mol. The van der Waals surface area contributed by atoms with Crippen LogP contribution in [0.2, 0.25) is 10.0 Å². The van der Waals surface area contributed by atoms with E-state index in [0.717, 1.165) is 16.8 Å². The minimum Gasteiger partial charge on any atom is -0.309 e. The number of hydrogen-bond donors (Lipinski definition) is 0. The second kappa shape index (κ2) is 6.45. The number of benzene rings is 4. The minimum atomic E-state index is 0.683. The molecule has 0 radical (unpaired) electrons. The van der Waals surface area contributed by atoms with Crippen molar-refractivity contribution in [3.63, 3.8) is 0 Å². The van der Waals surface area contributed by atoms with E-state index in [1.165, 1.54) is 21.8 Å². The molecule has 5 rings (SSSR count). The molecule has 0 aliphatic rings. The molecule has 1 heterocycles. The van der Waals surface area contributed by atoms with E-state index in [2.05, 4.69) is 59.2 Å². The zero-order valence-electron chi connectivity index (χ0n) is 14.4. The van der Waals surface area contributed by atoms with Gasteiger partial charge in [0.2, 0.25) is 0 Å². The molecule has 0 aliphatic carbocycles. The van der Waals surface area contributed by atoms with Crippen molar-refractivity contribution in [2.45, 2.75) is 0 Å². The van der Waals surface area contributed by atoms with Crippen molar-refractivity contribution in [1.82, 2.24) is 4.57 Å². The van der Waals surface area contributed by atoms with Gasteiger partial charge in [0.25, 0.3) is 0 Å². The highest BCUT2D eigenvalue weighted by molar-refractivity contribution is 6.36. The van der Waals surface area contributed by atoms with Crippen LogP contribution < -0.4 is 0 Å². The first kappa shape index (κ1) is 16.4. The fourth-order valence-electron chi connectivity index (χ4n) is 3.74. The Labute approximate surface area is 167 Å². The minimum absolute atomic E-state index is 0.683. The van der Waals surface area contributed by atoms with Crippen LogP contribution in [0, 0.1) is 0 Å². The number of fused-ring (bicyclic) bond motifs is 3. The topological polar surface area (TPSA) is 4.93 Å². The predicted octanol–water partition coefficient (Wildman–Crippen LogP) is 7.76. The summed E-state index contributed by atoms with van der Waals surface area (Å²) in [6.45, 7) is 0. The maximum absolute atomic E-state index is 6.68. The van der Waals surface area contributed by atoms with Crippen LogP contribution in [0.3, 0.4) is 0 Å². The van der Waals surface area contributed by atoms with Gasteiger partial charge in [-0.2, -0.15) is 0 Å². The van der Waals surface area contributed by atoms with E-state index in [-0.39, 0.29) is 0 Å².